The molecule has 1 aromatic heterocycles. The molecule has 0 radical (unpaired) electrons. The molecule has 7 heteroatoms. The van der Waals surface area contributed by atoms with E-state index in [-0.39, 0.29) is 29.9 Å². The number of likely N-dealkylation sites (tertiary alicyclic amines) is 1. The lowest BCUT2D eigenvalue weighted by Crippen LogP contribution is -2.46. The number of ether oxygens (including phenoxy) is 1. The molecule has 3 fully saturated rings. The molecule has 0 N–H and O–H groups in total. The molecule has 2 amide bonds. The Kier molecular flexibility index (Phi) is 4.76. The summed E-state index contributed by atoms with van der Waals surface area (Å²) in [5, 5.41) is 4.24. The Hall–Kier alpha value is -2.15. The normalized spacial score (nSPS) is 31.8. The molecule has 3 aliphatic heterocycles. The molecule has 30 heavy (non-hydrogen) atoms. The molecule has 4 atom stereocenters. The average molecular weight is 413 g/mol. The Morgan fingerprint density at radius 2 is 2.13 bits per heavy atom. The van der Waals surface area contributed by atoms with Gasteiger partial charge in [0.25, 0.3) is 0 Å². The molecule has 1 aliphatic carbocycles. The highest BCUT2D eigenvalue weighted by atomic mass is 16.5. The summed E-state index contributed by atoms with van der Waals surface area (Å²) >= 11 is 0. The fourth-order valence-corrected chi connectivity index (χ4v) is 5.59. The lowest BCUT2D eigenvalue weighted by molar-refractivity contribution is -0.144. The Morgan fingerprint density at radius 1 is 1.37 bits per heavy atom. The lowest BCUT2D eigenvalue weighted by atomic mass is 9.76. The molecule has 2 bridgehead atoms. The van der Waals surface area contributed by atoms with Gasteiger partial charge in [0, 0.05) is 37.9 Å². The number of carbonyl (C=O) groups is 2. The topological polar surface area (TPSA) is 67.7 Å². The van der Waals surface area contributed by atoms with E-state index in [4.69, 9.17) is 4.74 Å². The standard InChI is InChI=1S/C23H32N4O3/c1-4-15(5-2)12-26-14-23-9-8-18(30-23)19(20(23)22(26)29)21(28)27(17-6-7-17)13-16-10-24-25(3)11-16/h8-11,15,17-20H,4-7,12-14H2,1-3H3/t18-,19?,20?,23-/m1/s1. The van der Waals surface area contributed by atoms with Crippen molar-refractivity contribution in [3.63, 3.8) is 0 Å². The van der Waals surface area contributed by atoms with Gasteiger partial charge in [0.05, 0.1) is 30.7 Å². The summed E-state index contributed by atoms with van der Waals surface area (Å²) < 4.78 is 8.10. The van der Waals surface area contributed by atoms with Gasteiger partial charge in [-0.3, -0.25) is 14.3 Å². The van der Waals surface area contributed by atoms with Crippen LogP contribution in [0, 0.1) is 17.8 Å². The van der Waals surface area contributed by atoms with Crippen molar-refractivity contribution in [1.29, 1.82) is 0 Å². The van der Waals surface area contributed by atoms with Crippen molar-refractivity contribution in [1.82, 2.24) is 19.6 Å². The maximum Gasteiger partial charge on any atom is 0.230 e. The fraction of sp³-hybridized carbons (Fsp3) is 0.696. The van der Waals surface area contributed by atoms with Gasteiger partial charge in [-0.1, -0.05) is 38.8 Å². The second kappa shape index (κ2) is 7.22. The van der Waals surface area contributed by atoms with Gasteiger partial charge in [0.1, 0.15) is 5.60 Å². The zero-order valence-corrected chi connectivity index (χ0v) is 18.2. The van der Waals surface area contributed by atoms with Crippen molar-refractivity contribution in [3.8, 4) is 0 Å². The third kappa shape index (κ3) is 3.09. The molecular weight excluding hydrogens is 380 g/mol. The molecule has 4 aliphatic rings. The number of amides is 2. The zero-order chi connectivity index (χ0) is 21.0. The van der Waals surface area contributed by atoms with E-state index >= 15 is 0 Å². The van der Waals surface area contributed by atoms with Crippen molar-refractivity contribution in [2.45, 2.75) is 63.8 Å². The third-order valence-corrected chi connectivity index (χ3v) is 7.48. The predicted molar refractivity (Wildman–Crippen MR) is 111 cm³/mol. The van der Waals surface area contributed by atoms with Crippen LogP contribution < -0.4 is 0 Å². The number of hydrogen-bond acceptors (Lipinski definition) is 4. The molecule has 162 valence electrons. The van der Waals surface area contributed by atoms with Gasteiger partial charge in [-0.25, -0.2) is 0 Å². The highest BCUT2D eigenvalue weighted by Crippen LogP contribution is 2.53. The largest absolute Gasteiger partial charge is 0.360 e. The van der Waals surface area contributed by atoms with Gasteiger partial charge in [0.15, 0.2) is 0 Å². The maximum absolute atomic E-state index is 13.8. The number of aromatic nitrogens is 2. The first-order valence-electron chi connectivity index (χ1n) is 11.4. The second-order valence-corrected chi connectivity index (χ2v) is 9.52. The van der Waals surface area contributed by atoms with Crippen LogP contribution in [-0.4, -0.2) is 62.2 Å². The molecule has 5 rings (SSSR count). The SMILES string of the molecule is CCC(CC)CN1C[C@@]23C=C[C@@H](O2)C(C(=O)N(Cc2cnn(C)c2)C2CC2)C3C1=O. The summed E-state index contributed by atoms with van der Waals surface area (Å²) in [6, 6.07) is 0.272. The van der Waals surface area contributed by atoms with Crippen LogP contribution in [0.3, 0.4) is 0 Å². The minimum atomic E-state index is -0.613. The van der Waals surface area contributed by atoms with Gasteiger partial charge in [0.2, 0.25) is 11.8 Å². The van der Waals surface area contributed by atoms with E-state index in [1.807, 2.05) is 35.3 Å². The van der Waals surface area contributed by atoms with Crippen LogP contribution in [0.15, 0.2) is 24.5 Å². The summed E-state index contributed by atoms with van der Waals surface area (Å²) in [4.78, 5) is 31.2. The average Bonchev–Trinajstić information content (AvgIpc) is 3.11. The number of nitrogens with zero attached hydrogens (tertiary/aromatic N) is 4. The van der Waals surface area contributed by atoms with Gasteiger partial charge in [-0.15, -0.1) is 0 Å². The molecule has 0 aromatic carbocycles. The van der Waals surface area contributed by atoms with E-state index in [9.17, 15) is 9.59 Å². The van der Waals surface area contributed by atoms with Crippen LogP contribution in [0.5, 0.6) is 0 Å². The van der Waals surface area contributed by atoms with Crippen LogP contribution in [-0.2, 0) is 27.9 Å². The van der Waals surface area contributed by atoms with Gasteiger partial charge in [-0.2, -0.15) is 5.10 Å². The van der Waals surface area contributed by atoms with Crippen molar-refractivity contribution in [2.24, 2.45) is 24.8 Å². The molecule has 1 aromatic rings. The smallest absolute Gasteiger partial charge is 0.230 e. The Bertz CT molecular complexity index is 872. The molecular formula is C23H32N4O3. The Morgan fingerprint density at radius 3 is 2.77 bits per heavy atom. The van der Waals surface area contributed by atoms with E-state index in [0.717, 1.165) is 37.8 Å². The minimum absolute atomic E-state index is 0.0697. The number of hydrogen-bond donors (Lipinski definition) is 0. The molecule has 2 saturated heterocycles. The van der Waals surface area contributed by atoms with Crippen LogP contribution in [0.4, 0.5) is 0 Å². The number of aryl methyl sites for hydroxylation is 1. The van der Waals surface area contributed by atoms with Crippen LogP contribution in [0.25, 0.3) is 0 Å². The molecule has 2 unspecified atom stereocenters. The van der Waals surface area contributed by atoms with Gasteiger partial charge in [-0.05, 0) is 18.8 Å². The summed E-state index contributed by atoms with van der Waals surface area (Å²) in [6.07, 6.45) is 11.7. The van der Waals surface area contributed by atoms with E-state index in [0.29, 0.717) is 19.0 Å². The van der Waals surface area contributed by atoms with Crippen LogP contribution in [0.1, 0.15) is 45.1 Å². The molecule has 7 nitrogen and oxygen atoms in total. The first-order chi connectivity index (χ1) is 14.5. The zero-order valence-electron chi connectivity index (χ0n) is 18.2. The van der Waals surface area contributed by atoms with Crippen molar-refractivity contribution in [3.05, 3.63) is 30.1 Å². The van der Waals surface area contributed by atoms with E-state index in [2.05, 4.69) is 25.0 Å². The molecule has 4 heterocycles. The Balaban J connectivity index is 1.38. The van der Waals surface area contributed by atoms with E-state index in [1.165, 1.54) is 0 Å². The monoisotopic (exact) mass is 412 g/mol. The number of rotatable bonds is 8. The first-order valence-corrected chi connectivity index (χ1v) is 11.4. The summed E-state index contributed by atoms with van der Waals surface area (Å²) in [5.41, 5.74) is 0.414. The summed E-state index contributed by atoms with van der Waals surface area (Å²) in [7, 11) is 1.89. The van der Waals surface area contributed by atoms with E-state index < -0.39 is 11.5 Å². The van der Waals surface area contributed by atoms with E-state index in [1.54, 1.807) is 4.68 Å². The maximum atomic E-state index is 13.8. The lowest BCUT2D eigenvalue weighted by Gasteiger charge is -2.30. The quantitative estimate of drug-likeness (QED) is 0.614. The summed E-state index contributed by atoms with van der Waals surface area (Å²) in [5.74, 6) is -0.131. The first kappa shape index (κ1) is 19.8. The Labute approximate surface area is 178 Å². The summed E-state index contributed by atoms with van der Waals surface area (Å²) in [6.45, 7) is 6.24. The van der Waals surface area contributed by atoms with Crippen molar-refractivity contribution in [2.75, 3.05) is 13.1 Å². The van der Waals surface area contributed by atoms with Crippen LogP contribution in [0.2, 0.25) is 0 Å². The highest BCUT2D eigenvalue weighted by molar-refractivity contribution is 5.93. The van der Waals surface area contributed by atoms with Crippen LogP contribution >= 0.6 is 0 Å². The third-order valence-electron chi connectivity index (χ3n) is 7.48. The minimum Gasteiger partial charge on any atom is -0.360 e. The van der Waals surface area contributed by atoms with Gasteiger partial charge >= 0.3 is 0 Å². The highest BCUT2D eigenvalue weighted by Gasteiger charge is 2.67. The fourth-order valence-electron chi connectivity index (χ4n) is 5.59. The van der Waals surface area contributed by atoms with Gasteiger partial charge < -0.3 is 14.5 Å². The second-order valence-electron chi connectivity index (χ2n) is 9.52. The van der Waals surface area contributed by atoms with Crippen molar-refractivity contribution < 1.29 is 14.3 Å². The molecule has 1 spiro atoms. The number of fused-ring (bicyclic) bond motifs is 1. The molecule has 1 saturated carbocycles. The van der Waals surface area contributed by atoms with Crippen molar-refractivity contribution >= 4 is 11.8 Å². The predicted octanol–water partition coefficient (Wildman–Crippen LogP) is 2.13. The number of carbonyl (C=O) groups excluding carboxylic acids is 2.